The van der Waals surface area contributed by atoms with Gasteiger partial charge in [-0.05, 0) is 37.5 Å². The molecule has 1 N–H and O–H groups in total. The fraction of sp³-hybridized carbons (Fsp3) is 0.429. The highest BCUT2D eigenvalue weighted by atomic mass is 16.3. The smallest absolute Gasteiger partial charge is 0.114 e. The van der Waals surface area contributed by atoms with Gasteiger partial charge in [-0.2, -0.15) is 0 Å². The molecule has 0 fully saturated rings. The molecule has 0 aliphatic heterocycles. The first-order chi connectivity index (χ1) is 8.38. The van der Waals surface area contributed by atoms with Crippen molar-refractivity contribution in [3.8, 4) is 5.69 Å². The zero-order valence-corrected chi connectivity index (χ0v) is 11.3. The predicted octanol–water partition coefficient (Wildman–Crippen LogP) is 2.62. The fourth-order valence-corrected chi connectivity index (χ4v) is 1.70. The number of hydrogen-bond acceptors (Lipinski definition) is 3. The molecule has 96 valence electrons. The molecule has 1 aromatic carbocycles. The lowest BCUT2D eigenvalue weighted by atomic mass is 10.0. The van der Waals surface area contributed by atoms with Gasteiger partial charge in [0.2, 0.25) is 0 Å². The van der Waals surface area contributed by atoms with Gasteiger partial charge in [0, 0.05) is 0 Å². The third-order valence-corrected chi connectivity index (χ3v) is 2.92. The SMILES string of the molecule is CC(C)c1cccc(-n2cc(C(C)(C)O)nn2)c1. The number of nitrogens with zero attached hydrogens (tertiary/aromatic N) is 3. The Balaban J connectivity index is 2.37. The van der Waals surface area contributed by atoms with Gasteiger partial charge < -0.3 is 5.11 Å². The molecule has 0 atom stereocenters. The van der Waals surface area contributed by atoms with Crippen molar-refractivity contribution in [2.24, 2.45) is 0 Å². The lowest BCUT2D eigenvalue weighted by molar-refractivity contribution is 0.0737. The van der Waals surface area contributed by atoms with Crippen LogP contribution < -0.4 is 0 Å². The zero-order valence-electron chi connectivity index (χ0n) is 11.3. The molecule has 0 saturated carbocycles. The van der Waals surface area contributed by atoms with Crippen molar-refractivity contribution in [1.29, 1.82) is 0 Å². The van der Waals surface area contributed by atoms with Gasteiger partial charge in [0.15, 0.2) is 0 Å². The van der Waals surface area contributed by atoms with E-state index < -0.39 is 5.60 Å². The van der Waals surface area contributed by atoms with Crippen LogP contribution >= 0.6 is 0 Å². The summed E-state index contributed by atoms with van der Waals surface area (Å²) in [5.41, 5.74) is 1.82. The van der Waals surface area contributed by atoms with E-state index in [1.54, 1.807) is 24.7 Å². The molecule has 18 heavy (non-hydrogen) atoms. The van der Waals surface area contributed by atoms with Crippen LogP contribution in [0.1, 0.15) is 44.9 Å². The molecule has 0 aliphatic rings. The van der Waals surface area contributed by atoms with Gasteiger partial charge in [0.25, 0.3) is 0 Å². The zero-order chi connectivity index (χ0) is 13.3. The van der Waals surface area contributed by atoms with Crippen molar-refractivity contribution >= 4 is 0 Å². The second-order valence-corrected chi connectivity index (χ2v) is 5.36. The molecule has 0 unspecified atom stereocenters. The Morgan fingerprint density at radius 2 is 2.00 bits per heavy atom. The van der Waals surface area contributed by atoms with Crippen LogP contribution in [0.2, 0.25) is 0 Å². The Morgan fingerprint density at radius 3 is 2.56 bits per heavy atom. The first kappa shape index (κ1) is 12.8. The van der Waals surface area contributed by atoms with Crippen molar-refractivity contribution in [1.82, 2.24) is 15.0 Å². The molecule has 0 amide bonds. The Kier molecular flexibility index (Phi) is 3.22. The standard InChI is InChI=1S/C14H19N3O/c1-10(2)11-6-5-7-12(8-11)17-9-13(15-16-17)14(3,4)18/h5-10,18H,1-4H3. The maximum absolute atomic E-state index is 9.88. The summed E-state index contributed by atoms with van der Waals surface area (Å²) in [5, 5.41) is 17.9. The van der Waals surface area contributed by atoms with Crippen LogP contribution in [0.4, 0.5) is 0 Å². The van der Waals surface area contributed by atoms with Gasteiger partial charge in [-0.1, -0.05) is 31.2 Å². The molecule has 0 saturated heterocycles. The van der Waals surface area contributed by atoms with Crippen molar-refractivity contribution in [2.75, 3.05) is 0 Å². The monoisotopic (exact) mass is 245 g/mol. The van der Waals surface area contributed by atoms with Crippen molar-refractivity contribution in [2.45, 2.75) is 39.2 Å². The van der Waals surface area contributed by atoms with E-state index >= 15 is 0 Å². The van der Waals surface area contributed by atoms with E-state index in [4.69, 9.17) is 0 Å². The lowest BCUT2D eigenvalue weighted by Gasteiger charge is -2.12. The van der Waals surface area contributed by atoms with E-state index in [-0.39, 0.29) is 0 Å². The quantitative estimate of drug-likeness (QED) is 0.904. The normalized spacial score (nSPS) is 12.1. The van der Waals surface area contributed by atoms with E-state index in [0.717, 1.165) is 5.69 Å². The third-order valence-electron chi connectivity index (χ3n) is 2.92. The number of aromatic nitrogens is 3. The summed E-state index contributed by atoms with van der Waals surface area (Å²) in [6.07, 6.45) is 1.76. The van der Waals surface area contributed by atoms with E-state index in [2.05, 4.69) is 36.3 Å². The highest BCUT2D eigenvalue weighted by Gasteiger charge is 2.20. The van der Waals surface area contributed by atoms with Gasteiger partial charge in [0.05, 0.1) is 11.9 Å². The molecule has 0 aliphatic carbocycles. The topological polar surface area (TPSA) is 50.9 Å². The second kappa shape index (κ2) is 4.53. The summed E-state index contributed by atoms with van der Waals surface area (Å²) >= 11 is 0. The summed E-state index contributed by atoms with van der Waals surface area (Å²) in [7, 11) is 0. The molecule has 0 bridgehead atoms. The largest absolute Gasteiger partial charge is 0.384 e. The number of rotatable bonds is 3. The van der Waals surface area contributed by atoms with Crippen LogP contribution in [0.15, 0.2) is 30.5 Å². The van der Waals surface area contributed by atoms with Gasteiger partial charge >= 0.3 is 0 Å². The molecule has 4 heteroatoms. The number of aliphatic hydroxyl groups is 1. The average molecular weight is 245 g/mol. The summed E-state index contributed by atoms with van der Waals surface area (Å²) in [6.45, 7) is 7.71. The summed E-state index contributed by atoms with van der Waals surface area (Å²) < 4.78 is 1.69. The summed E-state index contributed by atoms with van der Waals surface area (Å²) in [4.78, 5) is 0. The molecule has 1 aromatic heterocycles. The maximum atomic E-state index is 9.88. The van der Waals surface area contributed by atoms with Crippen LogP contribution in [0, 0.1) is 0 Å². The first-order valence-electron chi connectivity index (χ1n) is 6.13. The molecular weight excluding hydrogens is 226 g/mol. The second-order valence-electron chi connectivity index (χ2n) is 5.36. The summed E-state index contributed by atoms with van der Waals surface area (Å²) in [6, 6.07) is 8.18. The van der Waals surface area contributed by atoms with Gasteiger partial charge in [-0.25, -0.2) is 4.68 Å². The predicted molar refractivity (Wildman–Crippen MR) is 70.7 cm³/mol. The molecule has 1 heterocycles. The molecule has 2 aromatic rings. The van der Waals surface area contributed by atoms with Crippen LogP contribution in [0.25, 0.3) is 5.69 Å². The molecule has 0 radical (unpaired) electrons. The Morgan fingerprint density at radius 1 is 1.28 bits per heavy atom. The van der Waals surface area contributed by atoms with Crippen LogP contribution in [-0.2, 0) is 5.60 Å². The third kappa shape index (κ3) is 2.59. The van der Waals surface area contributed by atoms with Crippen LogP contribution in [0.5, 0.6) is 0 Å². The highest BCUT2D eigenvalue weighted by molar-refractivity contribution is 5.36. The maximum Gasteiger partial charge on any atom is 0.114 e. The minimum Gasteiger partial charge on any atom is -0.384 e. The lowest BCUT2D eigenvalue weighted by Crippen LogP contribution is -2.15. The average Bonchev–Trinajstić information content (AvgIpc) is 2.78. The number of hydrogen-bond donors (Lipinski definition) is 1. The summed E-state index contributed by atoms with van der Waals surface area (Å²) in [5.74, 6) is 0.474. The highest BCUT2D eigenvalue weighted by Crippen LogP contribution is 2.20. The molecule has 2 rings (SSSR count). The van der Waals surface area contributed by atoms with E-state index in [1.807, 2.05) is 12.1 Å². The van der Waals surface area contributed by atoms with E-state index in [9.17, 15) is 5.11 Å². The number of benzene rings is 1. The van der Waals surface area contributed by atoms with Gasteiger partial charge in [-0.15, -0.1) is 5.10 Å². The van der Waals surface area contributed by atoms with Crippen molar-refractivity contribution in [3.05, 3.63) is 41.7 Å². The van der Waals surface area contributed by atoms with E-state index in [0.29, 0.717) is 11.6 Å². The van der Waals surface area contributed by atoms with E-state index in [1.165, 1.54) is 5.56 Å². The molecular formula is C14H19N3O. The first-order valence-corrected chi connectivity index (χ1v) is 6.13. The van der Waals surface area contributed by atoms with Crippen LogP contribution in [0.3, 0.4) is 0 Å². The minimum atomic E-state index is -0.964. The van der Waals surface area contributed by atoms with Gasteiger partial charge in [-0.3, -0.25) is 0 Å². The Hall–Kier alpha value is -1.68. The minimum absolute atomic E-state index is 0.474. The molecule has 4 nitrogen and oxygen atoms in total. The van der Waals surface area contributed by atoms with Crippen LogP contribution in [-0.4, -0.2) is 20.1 Å². The Bertz CT molecular complexity index is 538. The molecule has 0 spiro atoms. The van der Waals surface area contributed by atoms with Crippen molar-refractivity contribution < 1.29 is 5.11 Å². The van der Waals surface area contributed by atoms with Crippen molar-refractivity contribution in [3.63, 3.8) is 0 Å². The Labute approximate surface area is 107 Å². The fourth-order valence-electron chi connectivity index (χ4n) is 1.70. The van der Waals surface area contributed by atoms with Gasteiger partial charge in [0.1, 0.15) is 11.3 Å².